The van der Waals surface area contributed by atoms with Crippen LogP contribution in [0.1, 0.15) is 42.3 Å². The van der Waals surface area contributed by atoms with Crippen LogP contribution in [-0.2, 0) is 28.9 Å². The Labute approximate surface area is 155 Å². The van der Waals surface area contributed by atoms with Crippen molar-refractivity contribution in [2.45, 2.75) is 43.9 Å². The maximum absolute atomic E-state index is 15.0. The zero-order valence-electron chi connectivity index (χ0n) is 14.2. The zero-order chi connectivity index (χ0) is 19.1. The highest BCUT2D eigenvalue weighted by molar-refractivity contribution is 6.31. The van der Waals surface area contributed by atoms with Gasteiger partial charge >= 0.3 is 0 Å². The van der Waals surface area contributed by atoms with Crippen molar-refractivity contribution in [3.63, 3.8) is 0 Å². The molecule has 3 N–H and O–H groups in total. The van der Waals surface area contributed by atoms with E-state index >= 15 is 4.39 Å². The molecule has 1 aromatic heterocycles. The predicted molar refractivity (Wildman–Crippen MR) is 93.8 cm³/mol. The van der Waals surface area contributed by atoms with Crippen molar-refractivity contribution in [2.75, 3.05) is 0 Å². The van der Waals surface area contributed by atoms with Crippen molar-refractivity contribution >= 4 is 17.5 Å². The molecule has 4 nitrogen and oxygen atoms in total. The average Bonchev–Trinajstić information content (AvgIpc) is 2.58. The van der Waals surface area contributed by atoms with E-state index < -0.39 is 23.0 Å². The topological polar surface area (TPSA) is 76.2 Å². The quantitative estimate of drug-likeness (QED) is 0.854. The molecule has 2 atom stereocenters. The van der Waals surface area contributed by atoms with E-state index in [0.717, 1.165) is 5.56 Å². The molecule has 1 aromatic carbocycles. The van der Waals surface area contributed by atoms with Gasteiger partial charge < -0.3 is 10.8 Å². The average molecular weight is 381 g/mol. The number of hydrogen-bond acceptors (Lipinski definition) is 3. The number of pyridine rings is 1. The molecule has 3 rings (SSSR count). The zero-order valence-corrected chi connectivity index (χ0v) is 15.0. The van der Waals surface area contributed by atoms with Crippen LogP contribution < -0.4 is 5.73 Å². The Hall–Kier alpha value is -2.05. The highest BCUT2D eigenvalue weighted by Crippen LogP contribution is 2.45. The summed E-state index contributed by atoms with van der Waals surface area (Å²) in [5.74, 6) is -1.49. The number of benzene rings is 1. The lowest BCUT2D eigenvalue weighted by Gasteiger charge is -2.37. The van der Waals surface area contributed by atoms with Crippen molar-refractivity contribution in [3.8, 4) is 0 Å². The number of nitrogens with two attached hydrogens (primary N) is 1. The smallest absolute Gasteiger partial charge is 0.259 e. The van der Waals surface area contributed by atoms with E-state index in [4.69, 9.17) is 17.3 Å². The number of hydrogen-bond donors (Lipinski definition) is 2. The van der Waals surface area contributed by atoms with Gasteiger partial charge in [0.1, 0.15) is 11.4 Å². The molecule has 1 aliphatic carbocycles. The highest BCUT2D eigenvalue weighted by Gasteiger charge is 2.49. The van der Waals surface area contributed by atoms with Gasteiger partial charge in [-0.05, 0) is 56.4 Å². The fraction of sp³-hybridized carbons (Fsp3) is 0.368. The van der Waals surface area contributed by atoms with Crippen LogP contribution in [0.3, 0.4) is 0 Å². The number of carbonyl (C=O) groups excluding carboxylic acids is 1. The van der Waals surface area contributed by atoms with Crippen molar-refractivity contribution in [1.82, 2.24) is 4.98 Å². The van der Waals surface area contributed by atoms with Crippen LogP contribution in [-0.4, -0.2) is 16.0 Å². The summed E-state index contributed by atoms with van der Waals surface area (Å²) in [7, 11) is 0. The van der Waals surface area contributed by atoms with E-state index in [0.29, 0.717) is 23.6 Å². The molecule has 2 unspecified atom stereocenters. The van der Waals surface area contributed by atoms with Crippen molar-refractivity contribution in [2.24, 2.45) is 5.73 Å². The van der Waals surface area contributed by atoms with E-state index in [1.807, 2.05) is 0 Å². The Morgan fingerprint density at radius 2 is 2.04 bits per heavy atom. The maximum Gasteiger partial charge on any atom is 0.259 e. The number of nitrogens with zero attached hydrogens (tertiary/aromatic N) is 1. The monoisotopic (exact) mass is 380 g/mol. The maximum atomic E-state index is 15.0. The minimum atomic E-state index is -2.33. The summed E-state index contributed by atoms with van der Waals surface area (Å²) in [5.41, 5.74) is 3.08. The van der Waals surface area contributed by atoms with Gasteiger partial charge in [0, 0.05) is 16.3 Å². The van der Waals surface area contributed by atoms with Gasteiger partial charge in [-0.3, -0.25) is 9.78 Å². The van der Waals surface area contributed by atoms with Gasteiger partial charge in [-0.1, -0.05) is 23.7 Å². The third kappa shape index (κ3) is 3.31. The minimum Gasteiger partial charge on any atom is -0.384 e. The second-order valence-corrected chi connectivity index (χ2v) is 7.28. The summed E-state index contributed by atoms with van der Waals surface area (Å²) < 4.78 is 28.2. The van der Waals surface area contributed by atoms with Gasteiger partial charge in [-0.25, -0.2) is 8.78 Å². The van der Waals surface area contributed by atoms with Crippen LogP contribution in [0.15, 0.2) is 30.3 Å². The molecular weight excluding hydrogens is 362 g/mol. The van der Waals surface area contributed by atoms with Gasteiger partial charge in [0.15, 0.2) is 0 Å². The Bertz CT molecular complexity index is 873. The van der Waals surface area contributed by atoms with Crippen molar-refractivity contribution < 1.29 is 18.7 Å². The molecule has 1 amide bonds. The Kier molecular flexibility index (Phi) is 4.75. The molecule has 1 aliphatic rings. The first kappa shape index (κ1) is 18.7. The van der Waals surface area contributed by atoms with Gasteiger partial charge in [0.2, 0.25) is 5.67 Å². The van der Waals surface area contributed by atoms with Gasteiger partial charge in [0.25, 0.3) is 5.91 Å². The second kappa shape index (κ2) is 6.59. The van der Waals surface area contributed by atoms with E-state index in [1.54, 1.807) is 19.1 Å². The van der Waals surface area contributed by atoms with Crippen molar-refractivity contribution in [3.05, 3.63) is 63.7 Å². The molecule has 0 radical (unpaired) electrons. The number of aromatic nitrogens is 1. The lowest BCUT2D eigenvalue weighted by molar-refractivity contribution is -0.133. The predicted octanol–water partition coefficient (Wildman–Crippen LogP) is 3.31. The van der Waals surface area contributed by atoms with Crippen LogP contribution in [0.5, 0.6) is 0 Å². The molecule has 7 heteroatoms. The first-order valence-corrected chi connectivity index (χ1v) is 8.67. The lowest BCUT2D eigenvalue weighted by Crippen LogP contribution is -2.45. The second-order valence-electron chi connectivity index (χ2n) is 6.87. The molecule has 138 valence electrons. The number of primary amides is 1. The minimum absolute atomic E-state index is 0.0183. The molecule has 0 aliphatic heterocycles. The first-order valence-electron chi connectivity index (χ1n) is 8.29. The standard InChI is InChI=1S/C19H19ClF2N2O2/c1-18(26)8-9-19(22,17(23)25)14-7-6-13(24-16(14)18)5-3-11-2-4-12(21)10-15(11)20/h2,4,6-7,10,26H,3,5,8-9H2,1H3,(H2,23,25). The van der Waals surface area contributed by atoms with Crippen molar-refractivity contribution in [1.29, 1.82) is 0 Å². The number of aliphatic hydroxyl groups is 1. The molecule has 0 spiro atoms. The van der Waals surface area contributed by atoms with E-state index in [-0.39, 0.29) is 24.1 Å². The fourth-order valence-corrected chi connectivity index (χ4v) is 3.54. The molecule has 2 aromatic rings. The fourth-order valence-electron chi connectivity index (χ4n) is 3.28. The Morgan fingerprint density at radius 3 is 2.69 bits per heavy atom. The van der Waals surface area contributed by atoms with E-state index in [2.05, 4.69) is 4.98 Å². The summed E-state index contributed by atoms with van der Waals surface area (Å²) in [6.45, 7) is 1.54. The van der Waals surface area contributed by atoms with E-state index in [1.165, 1.54) is 18.2 Å². The summed E-state index contributed by atoms with van der Waals surface area (Å²) in [6, 6.07) is 7.24. The number of aryl methyl sites for hydroxylation is 2. The van der Waals surface area contributed by atoms with Crippen LogP contribution in [0, 0.1) is 5.82 Å². The number of rotatable bonds is 4. The Balaban J connectivity index is 1.91. The van der Waals surface area contributed by atoms with Crippen LogP contribution in [0.4, 0.5) is 8.78 Å². The molecular formula is C19H19ClF2N2O2. The number of alkyl halides is 1. The number of amides is 1. The largest absolute Gasteiger partial charge is 0.384 e. The normalized spacial score (nSPS) is 25.0. The lowest BCUT2D eigenvalue weighted by atomic mass is 9.75. The van der Waals surface area contributed by atoms with E-state index in [9.17, 15) is 14.3 Å². The first-order chi connectivity index (χ1) is 12.1. The molecule has 0 fully saturated rings. The molecule has 0 saturated carbocycles. The van der Waals surface area contributed by atoms with Gasteiger partial charge in [-0.2, -0.15) is 0 Å². The summed E-state index contributed by atoms with van der Waals surface area (Å²) in [5, 5.41) is 10.9. The SMILES string of the molecule is CC1(O)CCC(F)(C(N)=O)c2ccc(CCc3ccc(F)cc3Cl)nc21. The van der Waals surface area contributed by atoms with Crippen LogP contribution >= 0.6 is 11.6 Å². The third-order valence-corrected chi connectivity index (χ3v) is 5.25. The number of carbonyl (C=O) groups is 1. The summed E-state index contributed by atoms with van der Waals surface area (Å²) >= 11 is 6.03. The number of halogens is 3. The van der Waals surface area contributed by atoms with Crippen LogP contribution in [0.2, 0.25) is 5.02 Å². The summed E-state index contributed by atoms with van der Waals surface area (Å²) in [6.07, 6.45) is 0.822. The third-order valence-electron chi connectivity index (χ3n) is 4.90. The van der Waals surface area contributed by atoms with Crippen LogP contribution in [0.25, 0.3) is 0 Å². The molecule has 1 heterocycles. The highest BCUT2D eigenvalue weighted by atomic mass is 35.5. The summed E-state index contributed by atoms with van der Waals surface area (Å²) in [4.78, 5) is 16.0. The number of fused-ring (bicyclic) bond motifs is 1. The van der Waals surface area contributed by atoms with Gasteiger partial charge in [-0.15, -0.1) is 0 Å². The Morgan fingerprint density at radius 1 is 1.31 bits per heavy atom. The molecule has 0 bridgehead atoms. The molecule has 0 saturated heterocycles. The van der Waals surface area contributed by atoms with Gasteiger partial charge in [0.05, 0.1) is 5.69 Å². The molecule has 26 heavy (non-hydrogen) atoms.